The number of aromatic amines is 3. The molecule has 0 bridgehead atoms. The average Bonchev–Trinajstić information content (AvgIpc) is 1.66. The van der Waals surface area contributed by atoms with E-state index in [9.17, 15) is 62.5 Å². The highest BCUT2D eigenvalue weighted by Gasteiger charge is 2.43. The molecule has 16 rings (SSSR count). The molecule has 32 heteroatoms. The number of hydrogen-bond donors (Lipinski definition) is 6. The van der Waals surface area contributed by atoms with Crippen LogP contribution in [-0.4, -0.2) is 184 Å². The van der Waals surface area contributed by atoms with E-state index in [1.807, 2.05) is 67.1 Å². The Hall–Kier alpha value is -9.93. The molecule has 25 nitrogen and oxygen atoms in total. The van der Waals surface area contributed by atoms with Crippen LogP contribution in [0.5, 0.6) is 0 Å². The van der Waals surface area contributed by atoms with Gasteiger partial charge in [-0.25, -0.2) is 35.0 Å². The third kappa shape index (κ3) is 17.7. The standard InChI is InChI=1S/C18H18FN3.C15H17F3N2O3S.C15H16N4O.C15H17N3O3S.C12H16N4O2S/c19-14-3-4-16-17(12-21-18(16)10-14)13-5-8-22(9-6-13)15-2-1-7-20-11-15;1-24(22,23)20-6-4-9(5-7-20)13-11-8-10(15(16,17)18)2-3-12(11)19-14(13)21;1-11(20)19-7-6-18(10-12(19)8-16)15-9-17-14-5-3-2-4-13(14)15;1-22(20,21)18-6-4-11(5-7-18)14-12-8-10(9-16)2-3-13(12)17-15(14)19;13-19(17,18)16-7-5-15(6-8-16)12-9-14-11-4-2-1-3-10(11)12/h1-4,7,10-13,21H,5-6,8-9H2;2-3,8-9,13H,4-7H2,1H3,(H,19,21);2-5,9,12,17H,6-7,10H2,1H3;2-3,8,11,14H,4-7H2,1H3,(H,17,19);1-4,9,14H,5-8H2,(H2,13,17,18). The lowest BCUT2D eigenvalue weighted by Gasteiger charge is -2.38. The number of nitriles is 2. The van der Waals surface area contributed by atoms with E-state index in [0.29, 0.717) is 101 Å². The number of carbonyl (C=O) groups is 3. The maximum atomic E-state index is 13.3. The lowest BCUT2D eigenvalue weighted by atomic mass is 9.81. The van der Waals surface area contributed by atoms with Crippen molar-refractivity contribution in [2.45, 2.75) is 75.4 Å². The lowest BCUT2D eigenvalue weighted by molar-refractivity contribution is -0.137. The number of halogens is 4. The minimum Gasteiger partial charge on any atom is -0.370 e. The number of pyridine rings is 1. The normalized spacial score (nSPS) is 20.0. The Balaban J connectivity index is 0.000000125. The number of H-pyrrole nitrogens is 3. The molecule has 0 aliphatic carbocycles. The number of nitrogens with two attached hydrogens (primary N) is 1. The van der Waals surface area contributed by atoms with Crippen LogP contribution in [0, 0.1) is 40.3 Å². The van der Waals surface area contributed by atoms with E-state index in [-0.39, 0.29) is 60.4 Å². The van der Waals surface area contributed by atoms with E-state index < -0.39 is 47.9 Å². The van der Waals surface area contributed by atoms with Crippen LogP contribution in [0.4, 0.5) is 46.0 Å². The van der Waals surface area contributed by atoms with Crippen molar-refractivity contribution in [3.05, 3.63) is 180 Å². The van der Waals surface area contributed by atoms with E-state index >= 15 is 0 Å². The molecule has 7 aliphatic rings. The number of fused-ring (bicyclic) bond motifs is 5. The first-order valence-corrected chi connectivity index (χ1v) is 40.5. The molecule has 7 aliphatic heterocycles. The Kier molecular flexibility index (Phi) is 23.1. The number of aromatic nitrogens is 4. The Labute approximate surface area is 618 Å². The second kappa shape index (κ2) is 32.3. The van der Waals surface area contributed by atoms with Gasteiger partial charge in [0, 0.05) is 154 Å². The molecule has 4 aromatic heterocycles. The number of para-hydroxylation sites is 2. The highest BCUT2D eigenvalue weighted by Crippen LogP contribution is 2.46. The van der Waals surface area contributed by atoms with Gasteiger partial charge in [-0.05, 0) is 152 Å². The van der Waals surface area contributed by atoms with Crippen LogP contribution in [0.2, 0.25) is 0 Å². The maximum Gasteiger partial charge on any atom is 0.416 e. The number of benzene rings is 5. The van der Waals surface area contributed by atoms with Crippen molar-refractivity contribution in [3.63, 3.8) is 0 Å². The lowest BCUT2D eigenvalue weighted by Crippen LogP contribution is -2.54. The van der Waals surface area contributed by atoms with Gasteiger partial charge < -0.3 is 45.2 Å². The van der Waals surface area contributed by atoms with Crippen molar-refractivity contribution < 1.29 is 57.2 Å². The topological polar surface area (TPSA) is 334 Å². The fourth-order valence-corrected chi connectivity index (χ4v) is 18.0. The third-order valence-corrected chi connectivity index (χ3v) is 24.8. The van der Waals surface area contributed by atoms with E-state index in [1.54, 1.807) is 41.4 Å². The fraction of sp³-hybridized carbons (Fsp3) is 0.387. The summed E-state index contributed by atoms with van der Waals surface area (Å²) < 4.78 is 125. The number of nitrogens with one attached hydrogen (secondary N) is 5. The van der Waals surface area contributed by atoms with Gasteiger partial charge in [-0.1, -0.05) is 36.4 Å². The number of hydrogen-bond acceptors (Lipinski definition) is 15. The van der Waals surface area contributed by atoms with Gasteiger partial charge in [-0.2, -0.15) is 36.4 Å². The molecular weight excluding hydrogens is 1440 g/mol. The third-order valence-electron chi connectivity index (χ3n) is 21.2. The molecule has 9 aromatic rings. The molecular formula is C75H84F4N16O9S3. The summed E-state index contributed by atoms with van der Waals surface area (Å²) in [5.41, 5.74) is 9.94. The molecule has 7 N–H and O–H groups in total. The highest BCUT2D eigenvalue weighted by atomic mass is 32.2. The molecule has 5 aromatic carbocycles. The fourth-order valence-electron chi connectivity index (χ4n) is 15.6. The first-order chi connectivity index (χ1) is 51.0. The summed E-state index contributed by atoms with van der Waals surface area (Å²) in [7, 11) is -10.0. The number of carbonyl (C=O) groups excluding carboxylic acids is 3. The quantitative estimate of drug-likeness (QED) is 0.0732. The second-order valence-electron chi connectivity index (χ2n) is 27.7. The average molecular weight is 1530 g/mol. The SMILES string of the molecule is CC(=O)N1CCN(c2c[nH]c3ccccc23)CC1C#N.CS(=O)(=O)N1CCC(C2C(=O)Nc3ccc(C#N)cc32)CC1.CS(=O)(=O)N1CCC(C2C(=O)Nc3ccc(C(F)(F)F)cc32)CC1.Fc1ccc2c(C3CCN(c4cccnc4)CC3)c[nH]c2c1.NS(=O)(=O)N1CCN(c2c[nH]c3ccccc23)CC1. The highest BCUT2D eigenvalue weighted by molar-refractivity contribution is 7.88. The summed E-state index contributed by atoms with van der Waals surface area (Å²) in [6.45, 7) is 9.09. The number of alkyl halides is 3. The van der Waals surface area contributed by atoms with Crippen LogP contribution in [0.3, 0.4) is 0 Å². The maximum absolute atomic E-state index is 13.3. The molecule has 0 spiro atoms. The Morgan fingerprint density at radius 3 is 1.61 bits per heavy atom. The number of nitrogens with zero attached hydrogens (tertiary/aromatic N) is 10. The largest absolute Gasteiger partial charge is 0.416 e. The van der Waals surface area contributed by atoms with Crippen LogP contribution in [-0.2, 0) is 50.8 Å². The van der Waals surface area contributed by atoms with Crippen molar-refractivity contribution in [2.24, 2.45) is 17.0 Å². The second-order valence-corrected chi connectivity index (χ2v) is 33.2. The number of amides is 3. The van der Waals surface area contributed by atoms with Gasteiger partial charge in [-0.3, -0.25) is 19.4 Å². The van der Waals surface area contributed by atoms with Crippen molar-refractivity contribution >= 4 is 109 Å². The van der Waals surface area contributed by atoms with E-state index in [2.05, 4.69) is 81.8 Å². The first-order valence-electron chi connectivity index (χ1n) is 35.3. The summed E-state index contributed by atoms with van der Waals surface area (Å²) in [4.78, 5) is 58.3. The number of rotatable bonds is 9. The van der Waals surface area contributed by atoms with Crippen LogP contribution < -0.4 is 30.5 Å². The molecule has 107 heavy (non-hydrogen) atoms. The molecule has 5 fully saturated rings. The molecule has 11 heterocycles. The summed E-state index contributed by atoms with van der Waals surface area (Å²) in [5.74, 6) is -1.07. The number of sulfonamides is 2. The van der Waals surface area contributed by atoms with Crippen molar-refractivity contribution in [3.8, 4) is 12.1 Å². The summed E-state index contributed by atoms with van der Waals surface area (Å²) in [6, 6.07) is 37.7. The predicted octanol–water partition coefficient (Wildman–Crippen LogP) is 9.99. The number of piperazine rings is 2. The zero-order valence-electron chi connectivity index (χ0n) is 59.2. The van der Waals surface area contributed by atoms with Gasteiger partial charge in [0.15, 0.2) is 0 Å². The Bertz CT molecular complexity index is 5170. The van der Waals surface area contributed by atoms with Crippen LogP contribution in [0.1, 0.15) is 91.0 Å². The van der Waals surface area contributed by atoms with Gasteiger partial charge in [0.25, 0.3) is 10.2 Å². The molecule has 3 amide bonds. The summed E-state index contributed by atoms with van der Waals surface area (Å²) in [5, 5.41) is 32.4. The van der Waals surface area contributed by atoms with Crippen molar-refractivity contribution in [2.75, 3.05) is 123 Å². The van der Waals surface area contributed by atoms with Gasteiger partial charge >= 0.3 is 6.18 Å². The number of anilines is 5. The van der Waals surface area contributed by atoms with Crippen LogP contribution >= 0.6 is 0 Å². The molecule has 0 saturated carbocycles. The van der Waals surface area contributed by atoms with E-state index in [4.69, 9.17) is 10.4 Å². The van der Waals surface area contributed by atoms with Crippen molar-refractivity contribution in [1.29, 1.82) is 10.5 Å². The molecule has 564 valence electrons. The van der Waals surface area contributed by atoms with Gasteiger partial charge in [0.05, 0.1) is 77.4 Å². The minimum atomic E-state index is -4.47. The molecule has 3 unspecified atom stereocenters. The number of piperidine rings is 3. The summed E-state index contributed by atoms with van der Waals surface area (Å²) in [6.07, 6.45) is 12.0. The van der Waals surface area contributed by atoms with Gasteiger partial charge in [0.1, 0.15) is 11.9 Å². The zero-order valence-corrected chi connectivity index (χ0v) is 61.7. The Morgan fingerprint density at radius 2 is 1.09 bits per heavy atom. The van der Waals surface area contributed by atoms with Gasteiger partial charge in [0.2, 0.25) is 37.8 Å². The first kappa shape index (κ1) is 76.7. The molecule has 0 radical (unpaired) electrons. The summed E-state index contributed by atoms with van der Waals surface area (Å²) >= 11 is 0. The smallest absolute Gasteiger partial charge is 0.370 e. The Morgan fingerprint density at radius 1 is 0.561 bits per heavy atom. The minimum absolute atomic E-state index is 0.0323. The van der Waals surface area contributed by atoms with Crippen LogP contribution in [0.25, 0.3) is 32.7 Å². The molecule has 3 atom stereocenters. The van der Waals surface area contributed by atoms with Crippen molar-refractivity contribution in [1.82, 2.24) is 37.8 Å². The van der Waals surface area contributed by atoms with E-state index in [1.165, 1.54) is 43.4 Å². The monoisotopic (exact) mass is 1520 g/mol. The zero-order chi connectivity index (χ0) is 76.1. The molecule has 5 saturated heterocycles. The predicted molar refractivity (Wildman–Crippen MR) is 403 cm³/mol. The van der Waals surface area contributed by atoms with E-state index in [0.717, 1.165) is 106 Å². The van der Waals surface area contributed by atoms with Crippen LogP contribution in [0.15, 0.2) is 146 Å². The van der Waals surface area contributed by atoms with Gasteiger partial charge in [-0.15, -0.1) is 0 Å².